The maximum Gasteiger partial charge on any atom is 0.223 e. The number of amides is 1. The van der Waals surface area contributed by atoms with Crippen molar-refractivity contribution < 1.29 is 4.79 Å². The number of carbonyl (C=O) groups is 1. The van der Waals surface area contributed by atoms with Gasteiger partial charge in [-0.15, -0.1) is 11.3 Å². The van der Waals surface area contributed by atoms with Gasteiger partial charge in [-0.2, -0.15) is 0 Å². The van der Waals surface area contributed by atoms with Crippen molar-refractivity contribution in [1.29, 1.82) is 0 Å². The molecule has 0 radical (unpaired) electrons. The number of aryl methyl sites for hydroxylation is 2. The average molecular weight is 252 g/mol. The van der Waals surface area contributed by atoms with Gasteiger partial charge in [0, 0.05) is 10.8 Å². The van der Waals surface area contributed by atoms with Gasteiger partial charge < -0.3 is 5.32 Å². The number of carbonyl (C=O) groups excluding carboxylic acids is 1. The van der Waals surface area contributed by atoms with Gasteiger partial charge in [-0.3, -0.25) is 4.79 Å². The molecule has 1 aliphatic rings. The first-order chi connectivity index (χ1) is 8.11. The van der Waals surface area contributed by atoms with E-state index in [1.54, 1.807) is 11.3 Å². The van der Waals surface area contributed by atoms with Crippen LogP contribution in [0.25, 0.3) is 0 Å². The first-order valence-corrected chi connectivity index (χ1v) is 7.14. The Morgan fingerprint density at radius 1 is 1.53 bits per heavy atom. The quantitative estimate of drug-likeness (QED) is 0.875. The van der Waals surface area contributed by atoms with Crippen LogP contribution < -0.4 is 5.32 Å². The molecule has 1 fully saturated rings. The molecule has 1 aromatic rings. The fraction of sp³-hybridized carbons (Fsp3) is 0.692. The van der Waals surface area contributed by atoms with Gasteiger partial charge in [0.15, 0.2) is 0 Å². The molecule has 0 aromatic carbocycles. The van der Waals surface area contributed by atoms with Crippen LogP contribution in [0.2, 0.25) is 0 Å². The fourth-order valence-electron chi connectivity index (χ4n) is 2.29. The van der Waals surface area contributed by atoms with Crippen molar-refractivity contribution in [2.75, 3.05) is 0 Å². The van der Waals surface area contributed by atoms with Gasteiger partial charge in [-0.1, -0.05) is 13.3 Å². The smallest absolute Gasteiger partial charge is 0.223 e. The van der Waals surface area contributed by atoms with Crippen LogP contribution in [0.4, 0.5) is 0 Å². The molecule has 0 bridgehead atoms. The highest BCUT2D eigenvalue weighted by Crippen LogP contribution is 2.42. The highest BCUT2D eigenvalue weighted by Gasteiger charge is 2.41. The maximum atomic E-state index is 11.9. The largest absolute Gasteiger partial charge is 0.351 e. The Kier molecular flexibility index (Phi) is 3.82. The monoisotopic (exact) mass is 252 g/mol. The predicted molar refractivity (Wildman–Crippen MR) is 69.9 cm³/mol. The van der Waals surface area contributed by atoms with Crippen LogP contribution in [0, 0.1) is 25.7 Å². The summed E-state index contributed by atoms with van der Waals surface area (Å²) in [4.78, 5) is 17.4. The second-order valence-corrected chi connectivity index (χ2v) is 6.14. The number of hydrogen-bond donors (Lipinski definition) is 1. The molecule has 1 heterocycles. The summed E-state index contributed by atoms with van der Waals surface area (Å²) < 4.78 is 0. The van der Waals surface area contributed by atoms with Gasteiger partial charge >= 0.3 is 0 Å². The zero-order chi connectivity index (χ0) is 12.4. The van der Waals surface area contributed by atoms with Crippen molar-refractivity contribution in [2.45, 2.75) is 46.6 Å². The lowest BCUT2D eigenvalue weighted by atomic mass is 10.2. The molecule has 94 valence electrons. The van der Waals surface area contributed by atoms with E-state index in [2.05, 4.69) is 17.2 Å². The first-order valence-electron chi connectivity index (χ1n) is 6.32. The molecule has 2 atom stereocenters. The Morgan fingerprint density at radius 2 is 2.29 bits per heavy atom. The Morgan fingerprint density at radius 3 is 2.88 bits per heavy atom. The summed E-state index contributed by atoms with van der Waals surface area (Å²) >= 11 is 1.67. The molecule has 1 aromatic heterocycles. The molecule has 0 spiro atoms. The molecule has 1 N–H and O–H groups in total. The zero-order valence-corrected chi connectivity index (χ0v) is 11.6. The number of nitrogens with zero attached hydrogens (tertiary/aromatic N) is 1. The minimum atomic E-state index is 0.230. The van der Waals surface area contributed by atoms with Crippen molar-refractivity contribution in [2.24, 2.45) is 11.8 Å². The van der Waals surface area contributed by atoms with E-state index in [9.17, 15) is 4.79 Å². The molecule has 1 amide bonds. The van der Waals surface area contributed by atoms with Crippen LogP contribution in [0.1, 0.15) is 41.8 Å². The van der Waals surface area contributed by atoms with Gasteiger partial charge in [0.25, 0.3) is 0 Å². The van der Waals surface area contributed by atoms with Gasteiger partial charge in [0.2, 0.25) is 5.91 Å². The lowest BCUT2D eigenvalue weighted by molar-refractivity contribution is -0.122. The van der Waals surface area contributed by atoms with Crippen molar-refractivity contribution >= 4 is 17.2 Å². The van der Waals surface area contributed by atoms with Crippen LogP contribution in [0.5, 0.6) is 0 Å². The van der Waals surface area contributed by atoms with Crippen molar-refractivity contribution in [3.05, 3.63) is 15.6 Å². The van der Waals surface area contributed by atoms with E-state index in [-0.39, 0.29) is 11.8 Å². The number of hydrogen-bond acceptors (Lipinski definition) is 3. The van der Waals surface area contributed by atoms with E-state index in [0.29, 0.717) is 12.5 Å². The van der Waals surface area contributed by atoms with E-state index >= 15 is 0 Å². The molecule has 17 heavy (non-hydrogen) atoms. The van der Waals surface area contributed by atoms with E-state index in [0.717, 1.165) is 17.1 Å². The van der Waals surface area contributed by atoms with E-state index < -0.39 is 0 Å². The average Bonchev–Trinajstić information content (AvgIpc) is 2.96. The number of rotatable bonds is 5. The number of aromatic nitrogens is 1. The molecular weight excluding hydrogens is 232 g/mol. The maximum absolute atomic E-state index is 11.9. The van der Waals surface area contributed by atoms with Crippen LogP contribution >= 0.6 is 11.3 Å². The van der Waals surface area contributed by atoms with Crippen molar-refractivity contribution in [3.8, 4) is 0 Å². The molecule has 4 heteroatoms. The summed E-state index contributed by atoms with van der Waals surface area (Å²) in [5.74, 6) is 1.16. The Labute approximate surface area is 107 Å². The van der Waals surface area contributed by atoms with Crippen LogP contribution in [-0.4, -0.2) is 10.9 Å². The number of nitrogens with one attached hydrogen (secondary N) is 1. The lowest BCUT2D eigenvalue weighted by Gasteiger charge is -2.03. The summed E-state index contributed by atoms with van der Waals surface area (Å²) in [5, 5.41) is 4.11. The first kappa shape index (κ1) is 12.6. The third-order valence-electron chi connectivity index (χ3n) is 3.34. The Bertz CT molecular complexity index is 414. The molecule has 0 unspecified atom stereocenters. The van der Waals surface area contributed by atoms with Gasteiger partial charge in [-0.25, -0.2) is 4.98 Å². The minimum Gasteiger partial charge on any atom is -0.351 e. The lowest BCUT2D eigenvalue weighted by Crippen LogP contribution is -2.24. The SMILES string of the molecule is CCC[C@@H]1C[C@H]1C(=O)NCc1sc(C)nc1C. The second-order valence-electron chi connectivity index (χ2n) is 4.85. The minimum absolute atomic E-state index is 0.230. The molecule has 0 saturated heterocycles. The van der Waals surface area contributed by atoms with Gasteiger partial charge in [-0.05, 0) is 32.6 Å². The van der Waals surface area contributed by atoms with E-state index in [1.165, 1.54) is 17.7 Å². The summed E-state index contributed by atoms with van der Waals surface area (Å²) in [7, 11) is 0. The highest BCUT2D eigenvalue weighted by molar-refractivity contribution is 7.11. The highest BCUT2D eigenvalue weighted by atomic mass is 32.1. The van der Waals surface area contributed by atoms with Crippen LogP contribution in [-0.2, 0) is 11.3 Å². The topological polar surface area (TPSA) is 42.0 Å². The van der Waals surface area contributed by atoms with E-state index in [4.69, 9.17) is 0 Å². The summed E-state index contributed by atoms with van der Waals surface area (Å²) in [6.07, 6.45) is 3.46. The molecule has 1 aliphatic carbocycles. The Hall–Kier alpha value is -0.900. The van der Waals surface area contributed by atoms with E-state index in [1.807, 2.05) is 13.8 Å². The van der Waals surface area contributed by atoms with Crippen LogP contribution in [0.15, 0.2) is 0 Å². The molecule has 3 nitrogen and oxygen atoms in total. The normalized spacial score (nSPS) is 22.5. The molecular formula is C13H20N2OS. The molecule has 0 aliphatic heterocycles. The summed E-state index contributed by atoms with van der Waals surface area (Å²) in [6, 6.07) is 0. The fourth-order valence-corrected chi connectivity index (χ4v) is 3.17. The van der Waals surface area contributed by atoms with Crippen molar-refractivity contribution in [1.82, 2.24) is 10.3 Å². The van der Waals surface area contributed by atoms with Gasteiger partial charge in [0.1, 0.15) is 0 Å². The summed E-state index contributed by atoms with van der Waals surface area (Å²) in [5.41, 5.74) is 1.05. The third-order valence-corrected chi connectivity index (χ3v) is 4.41. The standard InChI is InChI=1S/C13H20N2OS/c1-4-5-10-6-11(10)13(16)14-7-12-8(2)15-9(3)17-12/h10-11H,4-7H2,1-3H3,(H,14,16)/t10-,11-/m1/s1. The Balaban J connectivity index is 1.79. The van der Waals surface area contributed by atoms with Crippen LogP contribution in [0.3, 0.4) is 0 Å². The summed E-state index contributed by atoms with van der Waals surface area (Å²) in [6.45, 7) is 6.82. The third kappa shape index (κ3) is 3.06. The van der Waals surface area contributed by atoms with Gasteiger partial charge in [0.05, 0.1) is 17.2 Å². The predicted octanol–water partition coefficient (Wildman–Crippen LogP) is 2.81. The number of thiazole rings is 1. The molecule has 2 rings (SSSR count). The second kappa shape index (κ2) is 5.17. The van der Waals surface area contributed by atoms with Crippen molar-refractivity contribution in [3.63, 3.8) is 0 Å². The molecule has 1 saturated carbocycles. The zero-order valence-electron chi connectivity index (χ0n) is 10.7.